The van der Waals surface area contributed by atoms with Crippen LogP contribution in [-0.4, -0.2) is 5.75 Å². The van der Waals surface area contributed by atoms with Crippen LogP contribution in [0.1, 0.15) is 42.9 Å². The van der Waals surface area contributed by atoms with E-state index in [2.05, 4.69) is 31.2 Å². The normalized spacial score (nSPS) is 11.2. The predicted octanol–water partition coefficient (Wildman–Crippen LogP) is 6.17. The second-order valence-corrected chi connectivity index (χ2v) is 7.78. The van der Waals surface area contributed by atoms with Crippen molar-refractivity contribution in [3.05, 3.63) is 75.4 Å². The summed E-state index contributed by atoms with van der Waals surface area (Å²) in [5, 5.41) is 1.43. The Hall–Kier alpha value is -2.00. The topological polar surface area (TPSA) is 30.2 Å². The minimum atomic E-state index is 0.0847. The highest BCUT2D eigenvalue weighted by Gasteiger charge is 2.10. The predicted molar refractivity (Wildman–Crippen MR) is 111 cm³/mol. The van der Waals surface area contributed by atoms with E-state index in [-0.39, 0.29) is 5.43 Å². The van der Waals surface area contributed by atoms with Gasteiger partial charge in [-0.1, -0.05) is 61.5 Å². The molecule has 2 nitrogen and oxygen atoms in total. The first-order chi connectivity index (χ1) is 12.7. The zero-order valence-corrected chi connectivity index (χ0v) is 16.4. The smallest absolute Gasteiger partial charge is 0.196 e. The van der Waals surface area contributed by atoms with Crippen LogP contribution in [0.5, 0.6) is 0 Å². The summed E-state index contributed by atoms with van der Waals surface area (Å²) < 4.78 is 5.94. The number of fused-ring (bicyclic) bond motifs is 1. The van der Waals surface area contributed by atoms with Crippen LogP contribution >= 0.6 is 11.8 Å². The van der Waals surface area contributed by atoms with Crippen molar-refractivity contribution in [2.24, 2.45) is 0 Å². The fourth-order valence-electron chi connectivity index (χ4n) is 3.11. The Balaban J connectivity index is 1.51. The monoisotopic (exact) mass is 366 g/mol. The minimum absolute atomic E-state index is 0.0847. The Kier molecular flexibility index (Phi) is 6.56. The van der Waals surface area contributed by atoms with Crippen LogP contribution in [0.4, 0.5) is 0 Å². The lowest BCUT2D eigenvalue weighted by Gasteiger charge is -2.07. The quantitative estimate of drug-likeness (QED) is 0.353. The van der Waals surface area contributed by atoms with Gasteiger partial charge in [0.05, 0.1) is 5.39 Å². The summed E-state index contributed by atoms with van der Waals surface area (Å²) in [4.78, 5) is 12.4. The summed E-state index contributed by atoms with van der Waals surface area (Å²) in [5.74, 6) is 0.968. The molecule has 3 rings (SSSR count). The molecule has 0 atom stereocenters. The molecule has 2 aromatic carbocycles. The van der Waals surface area contributed by atoms with Gasteiger partial charge in [-0.15, -0.1) is 0 Å². The van der Waals surface area contributed by atoms with Gasteiger partial charge >= 0.3 is 0 Å². The fraction of sp³-hybridized carbons (Fsp3) is 0.348. The van der Waals surface area contributed by atoms with Crippen LogP contribution in [0, 0.1) is 6.92 Å². The highest BCUT2D eigenvalue weighted by atomic mass is 32.2. The van der Waals surface area contributed by atoms with Crippen molar-refractivity contribution in [3.8, 4) is 0 Å². The maximum atomic E-state index is 12.4. The summed E-state index contributed by atoms with van der Waals surface area (Å²) in [6.45, 7) is 4.07. The number of hydrogen-bond acceptors (Lipinski definition) is 3. The van der Waals surface area contributed by atoms with Gasteiger partial charge in [0, 0.05) is 11.3 Å². The molecule has 0 aliphatic heterocycles. The highest BCUT2D eigenvalue weighted by molar-refractivity contribution is 7.99. The molecule has 3 heteroatoms. The molecule has 26 heavy (non-hydrogen) atoms. The van der Waals surface area contributed by atoms with E-state index < -0.39 is 0 Å². The molecule has 0 aliphatic rings. The maximum Gasteiger partial charge on any atom is 0.196 e. The van der Waals surface area contributed by atoms with E-state index in [0.717, 1.165) is 42.1 Å². The zero-order valence-electron chi connectivity index (χ0n) is 15.6. The molecule has 1 heterocycles. The van der Waals surface area contributed by atoms with Crippen LogP contribution in [-0.2, 0) is 12.8 Å². The summed E-state index contributed by atoms with van der Waals surface area (Å²) in [6.07, 6.45) is 5.72. The molecule has 1 aromatic heterocycles. The molecular weight excluding hydrogens is 340 g/mol. The summed E-state index contributed by atoms with van der Waals surface area (Å²) in [7, 11) is 0. The van der Waals surface area contributed by atoms with Crippen LogP contribution in [0.15, 0.2) is 62.8 Å². The fourth-order valence-corrected chi connectivity index (χ4v) is 4.10. The Morgan fingerprint density at radius 1 is 0.923 bits per heavy atom. The number of thioether (sulfide) groups is 1. The van der Waals surface area contributed by atoms with Gasteiger partial charge in [-0.3, -0.25) is 4.79 Å². The number of aryl methyl sites for hydroxylation is 2. The molecule has 0 radical (unpaired) electrons. The van der Waals surface area contributed by atoms with Gasteiger partial charge < -0.3 is 4.42 Å². The van der Waals surface area contributed by atoms with E-state index in [0.29, 0.717) is 11.0 Å². The lowest BCUT2D eigenvalue weighted by atomic mass is 10.0. The number of para-hydroxylation sites is 1. The minimum Gasteiger partial charge on any atom is -0.449 e. The Morgan fingerprint density at radius 3 is 2.35 bits per heavy atom. The molecule has 0 saturated heterocycles. The van der Waals surface area contributed by atoms with Crippen LogP contribution < -0.4 is 5.43 Å². The number of hydrogen-bond donors (Lipinski definition) is 0. The van der Waals surface area contributed by atoms with Crippen molar-refractivity contribution in [2.75, 3.05) is 5.75 Å². The first kappa shape index (κ1) is 18.8. The van der Waals surface area contributed by atoms with E-state index >= 15 is 0 Å². The third-order valence-corrected chi connectivity index (χ3v) is 5.78. The third-order valence-electron chi connectivity index (χ3n) is 4.64. The zero-order chi connectivity index (χ0) is 18.4. The first-order valence-corrected chi connectivity index (χ1v) is 10.4. The van der Waals surface area contributed by atoms with E-state index in [4.69, 9.17) is 4.42 Å². The maximum absolute atomic E-state index is 12.4. The number of rotatable bonds is 8. The number of unbranched alkanes of at least 4 members (excludes halogenated alkanes) is 1. The first-order valence-electron chi connectivity index (χ1n) is 9.42. The van der Waals surface area contributed by atoms with Crippen LogP contribution in [0.2, 0.25) is 0 Å². The highest BCUT2D eigenvalue weighted by Crippen LogP contribution is 2.25. The Labute approximate surface area is 159 Å². The summed E-state index contributed by atoms with van der Waals surface area (Å²) >= 11 is 1.65. The van der Waals surface area contributed by atoms with Gasteiger partial charge in [0.2, 0.25) is 0 Å². The van der Waals surface area contributed by atoms with Crippen molar-refractivity contribution in [3.63, 3.8) is 0 Å². The Bertz CT molecular complexity index is 910. The van der Waals surface area contributed by atoms with Crippen LogP contribution in [0.25, 0.3) is 11.0 Å². The van der Waals surface area contributed by atoms with Gasteiger partial charge in [-0.2, -0.15) is 0 Å². The molecule has 0 fully saturated rings. The molecule has 136 valence electrons. The van der Waals surface area contributed by atoms with Gasteiger partial charge in [0.15, 0.2) is 10.5 Å². The van der Waals surface area contributed by atoms with Gasteiger partial charge in [0.25, 0.3) is 0 Å². The lowest BCUT2D eigenvalue weighted by Crippen LogP contribution is -2.06. The van der Waals surface area contributed by atoms with E-state index in [1.807, 2.05) is 31.2 Å². The standard InChI is InChI=1S/C23H26O2S/c1-3-8-18-12-14-19(15-13-18)9-6-7-16-26-23-17(2)22(24)20-10-4-5-11-21(20)25-23/h4-5,10-15H,3,6-9,16H2,1-2H3. The molecule has 0 unspecified atom stereocenters. The van der Waals surface area contributed by atoms with Crippen molar-refractivity contribution < 1.29 is 4.42 Å². The van der Waals surface area contributed by atoms with Crippen molar-refractivity contribution in [2.45, 2.75) is 51.0 Å². The van der Waals surface area contributed by atoms with Gasteiger partial charge in [0.1, 0.15) is 5.58 Å². The third kappa shape index (κ3) is 4.59. The van der Waals surface area contributed by atoms with Crippen molar-refractivity contribution in [1.29, 1.82) is 0 Å². The van der Waals surface area contributed by atoms with Gasteiger partial charge in [-0.05, 0) is 55.9 Å². The van der Waals surface area contributed by atoms with E-state index in [9.17, 15) is 4.79 Å². The lowest BCUT2D eigenvalue weighted by molar-refractivity contribution is 0.492. The molecule has 0 bridgehead atoms. The molecular formula is C23H26O2S. The second-order valence-electron chi connectivity index (χ2n) is 6.71. The molecule has 0 spiro atoms. The molecule has 0 saturated carbocycles. The van der Waals surface area contributed by atoms with E-state index in [1.54, 1.807) is 11.8 Å². The SMILES string of the molecule is CCCc1ccc(CCCCSc2oc3ccccc3c(=O)c2C)cc1. The van der Waals surface area contributed by atoms with Gasteiger partial charge in [-0.25, -0.2) is 0 Å². The second kappa shape index (κ2) is 9.09. The van der Waals surface area contributed by atoms with E-state index in [1.165, 1.54) is 17.5 Å². The Morgan fingerprint density at radius 2 is 1.62 bits per heavy atom. The molecule has 0 amide bonds. The summed E-state index contributed by atoms with van der Waals surface area (Å²) in [6, 6.07) is 16.5. The van der Waals surface area contributed by atoms with Crippen molar-refractivity contribution >= 4 is 22.7 Å². The molecule has 3 aromatic rings. The molecule has 0 aliphatic carbocycles. The van der Waals surface area contributed by atoms with Crippen molar-refractivity contribution in [1.82, 2.24) is 0 Å². The average Bonchev–Trinajstić information content (AvgIpc) is 2.67. The average molecular weight is 367 g/mol. The molecule has 0 N–H and O–H groups in total. The van der Waals surface area contributed by atoms with Crippen LogP contribution in [0.3, 0.4) is 0 Å². The summed E-state index contributed by atoms with van der Waals surface area (Å²) in [5.41, 5.74) is 4.32. The number of benzene rings is 2. The largest absolute Gasteiger partial charge is 0.449 e.